The lowest BCUT2D eigenvalue weighted by molar-refractivity contribution is -0.121. The molecule has 1 unspecified atom stereocenters. The zero-order chi connectivity index (χ0) is 21.3. The molecule has 1 amide bonds. The lowest BCUT2D eigenvalue weighted by Gasteiger charge is -2.22. The molecule has 154 valence electrons. The topological polar surface area (TPSA) is 110 Å². The second-order valence-corrected chi connectivity index (χ2v) is 7.66. The van der Waals surface area contributed by atoms with Gasteiger partial charge in [0.05, 0.1) is 29.0 Å². The maximum atomic E-state index is 13.2. The number of rotatable bonds is 6. The molecule has 1 aliphatic rings. The number of aliphatic hydroxyl groups excluding tert-OH is 1. The van der Waals surface area contributed by atoms with Gasteiger partial charge in [-0.1, -0.05) is 18.2 Å². The Hall–Kier alpha value is -3.45. The number of hydrogen-bond donors (Lipinski definition) is 3. The quantitative estimate of drug-likeness (QED) is 0.585. The number of carbonyl (C=O) groups excluding carboxylic acids is 2. The van der Waals surface area contributed by atoms with Gasteiger partial charge in [-0.3, -0.25) is 14.6 Å². The van der Waals surface area contributed by atoms with E-state index in [1.54, 1.807) is 19.3 Å². The molecule has 4 rings (SSSR count). The summed E-state index contributed by atoms with van der Waals surface area (Å²) in [7, 11) is 0. The largest absolute Gasteiger partial charge is 0.392 e. The number of pyridine rings is 1. The summed E-state index contributed by atoms with van der Waals surface area (Å²) in [4.78, 5) is 29.1. The summed E-state index contributed by atoms with van der Waals surface area (Å²) in [6.07, 6.45) is 3.18. The molecule has 1 aliphatic carbocycles. The fourth-order valence-corrected chi connectivity index (χ4v) is 4.08. The van der Waals surface area contributed by atoms with Crippen molar-refractivity contribution in [1.82, 2.24) is 9.55 Å². The third-order valence-corrected chi connectivity index (χ3v) is 5.37. The van der Waals surface area contributed by atoms with Crippen LogP contribution in [0.4, 0.5) is 11.4 Å². The number of anilines is 2. The minimum atomic E-state index is -0.643. The second kappa shape index (κ2) is 8.12. The fraction of sp³-hybridized carbons (Fsp3) is 0.261. The van der Waals surface area contributed by atoms with Gasteiger partial charge in [-0.25, -0.2) is 0 Å². The number of hydrogen-bond acceptors (Lipinski definition) is 5. The van der Waals surface area contributed by atoms with E-state index in [-0.39, 0.29) is 18.7 Å². The Morgan fingerprint density at radius 2 is 1.93 bits per heavy atom. The van der Waals surface area contributed by atoms with E-state index in [0.717, 1.165) is 22.6 Å². The standard InChI is InChI=1S/C23H24N4O3/c1-14(28)13-27-18-11-16(23(24)30)12-19(29)20(18)21(26-17-5-3-2-4-6-17)22(27)15-7-9-25-10-8-15/h2-10,14,16,26,28H,11-13H2,1H3,(H2,24,30)/t14-,16?/m0/s1. The minimum Gasteiger partial charge on any atom is -0.392 e. The first-order valence-corrected chi connectivity index (χ1v) is 9.94. The maximum Gasteiger partial charge on any atom is 0.221 e. The van der Waals surface area contributed by atoms with Crippen LogP contribution < -0.4 is 11.1 Å². The van der Waals surface area contributed by atoms with E-state index in [1.165, 1.54) is 0 Å². The second-order valence-electron chi connectivity index (χ2n) is 7.66. The van der Waals surface area contributed by atoms with Crippen LogP contribution in [0.2, 0.25) is 0 Å². The van der Waals surface area contributed by atoms with E-state index in [4.69, 9.17) is 5.73 Å². The highest BCUT2D eigenvalue weighted by atomic mass is 16.3. The van der Waals surface area contributed by atoms with Crippen LogP contribution in [0.25, 0.3) is 11.3 Å². The summed E-state index contributed by atoms with van der Waals surface area (Å²) in [5, 5.41) is 13.6. The van der Waals surface area contributed by atoms with Crippen molar-refractivity contribution in [2.45, 2.75) is 32.4 Å². The van der Waals surface area contributed by atoms with E-state index < -0.39 is 17.9 Å². The molecular formula is C23H24N4O3. The van der Waals surface area contributed by atoms with Crippen molar-refractivity contribution in [2.75, 3.05) is 5.32 Å². The van der Waals surface area contributed by atoms with Crippen molar-refractivity contribution in [2.24, 2.45) is 11.7 Å². The Morgan fingerprint density at radius 3 is 2.57 bits per heavy atom. The molecule has 4 N–H and O–H groups in total. The van der Waals surface area contributed by atoms with Crippen molar-refractivity contribution >= 4 is 23.1 Å². The SMILES string of the molecule is C[C@H](O)Cn1c2c(c(Nc3ccccc3)c1-c1ccncc1)C(=O)CC(C(N)=O)C2. The summed E-state index contributed by atoms with van der Waals surface area (Å²) in [6.45, 7) is 1.98. The number of benzene rings is 1. The van der Waals surface area contributed by atoms with Gasteiger partial charge >= 0.3 is 0 Å². The first kappa shape index (κ1) is 19.8. The fourth-order valence-electron chi connectivity index (χ4n) is 4.08. The Bertz CT molecular complexity index is 1070. The number of ketones is 1. The summed E-state index contributed by atoms with van der Waals surface area (Å²) < 4.78 is 1.94. The Labute approximate surface area is 174 Å². The number of carbonyl (C=O) groups is 2. The normalized spacial score (nSPS) is 16.7. The summed E-state index contributed by atoms with van der Waals surface area (Å²) in [6, 6.07) is 13.3. The van der Waals surface area contributed by atoms with Crippen LogP contribution >= 0.6 is 0 Å². The highest BCUT2D eigenvalue weighted by Crippen LogP contribution is 2.42. The molecule has 1 aromatic carbocycles. The predicted octanol–water partition coefficient (Wildman–Crippen LogP) is 2.90. The number of nitrogens with two attached hydrogens (primary N) is 1. The Kier molecular flexibility index (Phi) is 5.37. The number of nitrogens with zero attached hydrogens (tertiary/aromatic N) is 2. The van der Waals surface area contributed by atoms with Crippen molar-refractivity contribution < 1.29 is 14.7 Å². The molecule has 30 heavy (non-hydrogen) atoms. The van der Waals surface area contributed by atoms with Gasteiger partial charge < -0.3 is 20.7 Å². The zero-order valence-corrected chi connectivity index (χ0v) is 16.7. The highest BCUT2D eigenvalue weighted by molar-refractivity contribution is 6.09. The van der Waals surface area contributed by atoms with Crippen LogP contribution in [0.5, 0.6) is 0 Å². The number of aliphatic hydroxyl groups is 1. The van der Waals surface area contributed by atoms with Gasteiger partial charge in [0.25, 0.3) is 0 Å². The molecule has 0 saturated heterocycles. The smallest absolute Gasteiger partial charge is 0.221 e. The van der Waals surface area contributed by atoms with Crippen LogP contribution in [-0.2, 0) is 17.8 Å². The molecule has 0 fully saturated rings. The van der Waals surface area contributed by atoms with Gasteiger partial charge in [-0.15, -0.1) is 0 Å². The number of amides is 1. The molecular weight excluding hydrogens is 380 g/mol. The molecule has 0 spiro atoms. The number of aromatic nitrogens is 2. The van der Waals surface area contributed by atoms with E-state index in [0.29, 0.717) is 17.7 Å². The average Bonchev–Trinajstić information content (AvgIpc) is 3.02. The van der Waals surface area contributed by atoms with Gasteiger partial charge in [-0.2, -0.15) is 0 Å². The van der Waals surface area contributed by atoms with E-state index in [2.05, 4.69) is 10.3 Å². The van der Waals surface area contributed by atoms with Crippen LogP contribution in [0, 0.1) is 5.92 Å². The number of fused-ring (bicyclic) bond motifs is 1. The molecule has 2 heterocycles. The summed E-state index contributed by atoms with van der Waals surface area (Å²) >= 11 is 0. The van der Waals surface area contributed by atoms with Crippen LogP contribution in [0.15, 0.2) is 54.9 Å². The average molecular weight is 404 g/mol. The molecule has 3 aromatic rings. The maximum absolute atomic E-state index is 13.2. The molecule has 2 aromatic heterocycles. The molecule has 7 nitrogen and oxygen atoms in total. The monoisotopic (exact) mass is 404 g/mol. The third kappa shape index (κ3) is 3.71. The molecule has 0 saturated carbocycles. The van der Waals surface area contributed by atoms with E-state index in [9.17, 15) is 14.7 Å². The van der Waals surface area contributed by atoms with Crippen molar-refractivity contribution in [3.63, 3.8) is 0 Å². The Morgan fingerprint density at radius 1 is 1.23 bits per heavy atom. The van der Waals surface area contributed by atoms with Crippen LogP contribution in [0.3, 0.4) is 0 Å². The van der Waals surface area contributed by atoms with Gasteiger partial charge in [0.2, 0.25) is 5.91 Å². The zero-order valence-electron chi connectivity index (χ0n) is 16.7. The lowest BCUT2D eigenvalue weighted by atomic mass is 9.85. The highest BCUT2D eigenvalue weighted by Gasteiger charge is 2.36. The van der Waals surface area contributed by atoms with Gasteiger partial charge in [-0.05, 0) is 31.2 Å². The van der Waals surface area contributed by atoms with E-state index in [1.807, 2.05) is 47.0 Å². The number of primary amides is 1. The summed E-state index contributed by atoms with van der Waals surface area (Å²) in [5.41, 5.74) is 9.99. The number of nitrogens with one attached hydrogen (secondary N) is 1. The molecule has 2 atom stereocenters. The molecule has 0 aliphatic heterocycles. The summed E-state index contributed by atoms with van der Waals surface area (Å²) in [5.74, 6) is -1.16. The van der Waals surface area contributed by atoms with Gasteiger partial charge in [0.15, 0.2) is 5.78 Å². The van der Waals surface area contributed by atoms with Crippen molar-refractivity contribution in [1.29, 1.82) is 0 Å². The van der Waals surface area contributed by atoms with Crippen molar-refractivity contribution in [3.8, 4) is 11.3 Å². The third-order valence-electron chi connectivity index (χ3n) is 5.37. The number of para-hydroxylation sites is 1. The first-order valence-electron chi connectivity index (χ1n) is 9.94. The molecule has 0 bridgehead atoms. The predicted molar refractivity (Wildman–Crippen MR) is 114 cm³/mol. The minimum absolute atomic E-state index is 0.0836. The first-order chi connectivity index (χ1) is 14.5. The van der Waals surface area contributed by atoms with E-state index >= 15 is 0 Å². The van der Waals surface area contributed by atoms with Crippen LogP contribution in [-0.4, -0.2) is 32.5 Å². The number of Topliss-reactive ketones (excluding diaryl/α,β-unsaturated/α-hetero) is 1. The molecule has 7 heteroatoms. The lowest BCUT2D eigenvalue weighted by Crippen LogP contribution is -2.32. The molecule has 0 radical (unpaired) electrons. The van der Waals surface area contributed by atoms with Gasteiger partial charge in [0.1, 0.15) is 0 Å². The van der Waals surface area contributed by atoms with Crippen LogP contribution in [0.1, 0.15) is 29.4 Å². The Balaban J connectivity index is 1.97. The van der Waals surface area contributed by atoms with Gasteiger partial charge in [0, 0.05) is 48.7 Å². The van der Waals surface area contributed by atoms with Crippen molar-refractivity contribution in [3.05, 3.63) is 66.1 Å².